The van der Waals surface area contributed by atoms with Crippen molar-refractivity contribution < 1.29 is 4.79 Å². The van der Waals surface area contributed by atoms with Gasteiger partial charge in [0.25, 0.3) is 11.5 Å². The van der Waals surface area contributed by atoms with Crippen molar-refractivity contribution in [2.75, 3.05) is 0 Å². The van der Waals surface area contributed by atoms with E-state index in [2.05, 4.69) is 34.2 Å². The quantitative estimate of drug-likeness (QED) is 0.527. The minimum absolute atomic E-state index is 0.0932. The summed E-state index contributed by atoms with van der Waals surface area (Å²) in [6.45, 7) is 4.10. The largest absolute Gasteiger partial charge is 0.341 e. The molecule has 4 aromatic rings. The van der Waals surface area contributed by atoms with Crippen LogP contribution in [0, 0.1) is 0 Å². The third-order valence-electron chi connectivity index (χ3n) is 6.05. The van der Waals surface area contributed by atoms with Crippen molar-refractivity contribution >= 4 is 16.8 Å². The van der Waals surface area contributed by atoms with Crippen LogP contribution in [0.15, 0.2) is 60.0 Å². The Morgan fingerprint density at radius 3 is 2.56 bits per heavy atom. The van der Waals surface area contributed by atoms with Crippen LogP contribution in [0.2, 0.25) is 0 Å². The third-order valence-corrected chi connectivity index (χ3v) is 6.05. The molecule has 0 aliphatic heterocycles. The molecule has 32 heavy (non-hydrogen) atoms. The van der Waals surface area contributed by atoms with Crippen LogP contribution in [-0.2, 0) is 12.6 Å². The molecule has 1 aliphatic carbocycles. The first-order valence-electron chi connectivity index (χ1n) is 10.7. The molecule has 8 nitrogen and oxygen atoms in total. The topological polar surface area (TPSA) is 94.7 Å². The van der Waals surface area contributed by atoms with E-state index in [0.717, 1.165) is 34.9 Å². The van der Waals surface area contributed by atoms with E-state index in [1.165, 1.54) is 10.9 Å². The molecule has 3 heterocycles. The molecule has 0 unspecified atom stereocenters. The second-order valence-corrected chi connectivity index (χ2v) is 8.65. The summed E-state index contributed by atoms with van der Waals surface area (Å²) in [4.78, 5) is 33.8. The van der Waals surface area contributed by atoms with Gasteiger partial charge in [-0.2, -0.15) is 5.10 Å². The van der Waals surface area contributed by atoms with Gasteiger partial charge in [-0.25, -0.2) is 4.98 Å². The van der Waals surface area contributed by atoms with E-state index >= 15 is 0 Å². The van der Waals surface area contributed by atoms with Gasteiger partial charge in [0.05, 0.1) is 29.1 Å². The summed E-state index contributed by atoms with van der Waals surface area (Å²) in [6, 6.07) is 9.75. The summed E-state index contributed by atoms with van der Waals surface area (Å²) in [6.07, 6.45) is 8.25. The summed E-state index contributed by atoms with van der Waals surface area (Å²) in [5.41, 5.74) is 3.15. The fraction of sp³-hybridized carbons (Fsp3) is 0.292. The van der Waals surface area contributed by atoms with Gasteiger partial charge < -0.3 is 9.88 Å². The predicted molar refractivity (Wildman–Crippen MR) is 121 cm³/mol. The molecule has 0 bridgehead atoms. The highest BCUT2D eigenvalue weighted by Crippen LogP contribution is 2.46. The van der Waals surface area contributed by atoms with Crippen LogP contribution in [0.25, 0.3) is 22.0 Å². The van der Waals surface area contributed by atoms with Gasteiger partial charge in [0.15, 0.2) is 0 Å². The lowest BCUT2D eigenvalue weighted by molar-refractivity contribution is 0.0926. The molecule has 3 aromatic heterocycles. The van der Waals surface area contributed by atoms with Gasteiger partial charge in [-0.1, -0.05) is 24.3 Å². The van der Waals surface area contributed by atoms with Gasteiger partial charge in [-0.05, 0) is 43.9 Å². The summed E-state index contributed by atoms with van der Waals surface area (Å²) < 4.78 is 3.35. The lowest BCUT2D eigenvalue weighted by Crippen LogP contribution is -2.35. The van der Waals surface area contributed by atoms with Crippen LogP contribution in [0.1, 0.15) is 48.8 Å². The van der Waals surface area contributed by atoms with Crippen molar-refractivity contribution in [2.24, 2.45) is 7.05 Å². The summed E-state index contributed by atoms with van der Waals surface area (Å²) in [5, 5.41) is 8.48. The number of fused-ring (bicyclic) bond motifs is 1. The van der Waals surface area contributed by atoms with Crippen molar-refractivity contribution in [3.05, 3.63) is 76.9 Å². The maximum absolute atomic E-state index is 13.0. The van der Waals surface area contributed by atoms with E-state index < -0.39 is 5.54 Å². The lowest BCUT2D eigenvalue weighted by Gasteiger charge is -2.18. The van der Waals surface area contributed by atoms with Crippen molar-refractivity contribution in [1.82, 2.24) is 29.6 Å². The molecule has 0 radical (unpaired) electrons. The molecule has 0 atom stereocenters. The van der Waals surface area contributed by atoms with Crippen LogP contribution in [0.5, 0.6) is 0 Å². The number of aromatic nitrogens is 5. The molecule has 1 amide bonds. The Kier molecular flexibility index (Phi) is 4.65. The van der Waals surface area contributed by atoms with E-state index in [9.17, 15) is 9.59 Å². The Morgan fingerprint density at radius 2 is 1.88 bits per heavy atom. The van der Waals surface area contributed by atoms with E-state index in [1.807, 2.05) is 28.9 Å². The Morgan fingerprint density at radius 1 is 1.12 bits per heavy atom. The Labute approximate surface area is 184 Å². The standard InChI is InChI=1S/C24H24N6O2/c1-15(2)30-21-10-20(26-11-17(21)12-27-30)22(31)28-24(8-9-24)18-6-4-16(5-7-18)19-13-25-14-29(3)23(19)32/h4-7,10-15H,8-9H2,1-3H3,(H,28,31). The van der Waals surface area contributed by atoms with Crippen LogP contribution in [0.3, 0.4) is 0 Å². The Balaban J connectivity index is 1.39. The number of nitrogens with zero attached hydrogens (tertiary/aromatic N) is 5. The van der Waals surface area contributed by atoms with Crippen LogP contribution < -0.4 is 10.9 Å². The first kappa shape index (κ1) is 20.1. The molecule has 1 aromatic carbocycles. The maximum Gasteiger partial charge on any atom is 0.270 e. The smallest absolute Gasteiger partial charge is 0.270 e. The minimum Gasteiger partial charge on any atom is -0.341 e. The van der Waals surface area contributed by atoms with Gasteiger partial charge in [0.1, 0.15) is 5.69 Å². The molecule has 0 saturated heterocycles. The average Bonchev–Trinajstić information content (AvgIpc) is 3.44. The van der Waals surface area contributed by atoms with Gasteiger partial charge in [-0.3, -0.25) is 19.3 Å². The monoisotopic (exact) mass is 428 g/mol. The molecule has 1 N–H and O–H groups in total. The number of aryl methyl sites for hydroxylation is 1. The molecule has 5 rings (SSSR count). The Bertz CT molecular complexity index is 1380. The van der Waals surface area contributed by atoms with E-state index in [4.69, 9.17) is 0 Å². The maximum atomic E-state index is 13.0. The number of amides is 1. The molecule has 1 saturated carbocycles. The normalized spacial score (nSPS) is 14.6. The average molecular weight is 428 g/mol. The molecular formula is C24H24N6O2. The predicted octanol–water partition coefficient (Wildman–Crippen LogP) is 3.19. The molecular weight excluding hydrogens is 404 g/mol. The number of hydrogen-bond acceptors (Lipinski definition) is 5. The SMILES string of the molecule is CC(C)n1ncc2cnc(C(=O)NC3(c4ccc(-c5cncn(C)c5=O)cc4)CC3)cc21. The highest BCUT2D eigenvalue weighted by atomic mass is 16.2. The summed E-state index contributed by atoms with van der Waals surface area (Å²) in [7, 11) is 1.68. The lowest BCUT2D eigenvalue weighted by atomic mass is 10.0. The summed E-state index contributed by atoms with van der Waals surface area (Å²) >= 11 is 0. The van der Waals surface area contributed by atoms with Crippen LogP contribution in [-0.4, -0.2) is 30.2 Å². The molecule has 0 spiro atoms. The molecule has 162 valence electrons. The first-order valence-corrected chi connectivity index (χ1v) is 10.7. The number of pyridine rings is 1. The minimum atomic E-state index is -0.398. The fourth-order valence-electron chi connectivity index (χ4n) is 4.04. The molecule has 1 aliphatic rings. The molecule has 1 fully saturated rings. The van der Waals surface area contributed by atoms with Crippen LogP contribution in [0.4, 0.5) is 0 Å². The zero-order valence-corrected chi connectivity index (χ0v) is 18.2. The van der Waals surface area contributed by atoms with E-state index in [1.54, 1.807) is 31.7 Å². The zero-order chi connectivity index (χ0) is 22.5. The first-order chi connectivity index (χ1) is 15.4. The fourth-order valence-corrected chi connectivity index (χ4v) is 4.04. The second-order valence-electron chi connectivity index (χ2n) is 8.65. The summed E-state index contributed by atoms with van der Waals surface area (Å²) in [5.74, 6) is -0.203. The van der Waals surface area contributed by atoms with Crippen LogP contribution >= 0.6 is 0 Å². The highest BCUT2D eigenvalue weighted by Gasteiger charge is 2.46. The van der Waals surface area contributed by atoms with Gasteiger partial charge in [-0.15, -0.1) is 0 Å². The van der Waals surface area contributed by atoms with Crippen molar-refractivity contribution in [1.29, 1.82) is 0 Å². The number of carbonyl (C=O) groups is 1. The molecule has 8 heteroatoms. The second kappa shape index (κ2) is 7.40. The number of rotatable bonds is 5. The Hall–Kier alpha value is -3.81. The van der Waals surface area contributed by atoms with E-state index in [0.29, 0.717) is 11.3 Å². The third kappa shape index (κ3) is 3.37. The zero-order valence-electron chi connectivity index (χ0n) is 18.2. The highest BCUT2D eigenvalue weighted by molar-refractivity contribution is 5.96. The van der Waals surface area contributed by atoms with Crippen molar-refractivity contribution in [3.63, 3.8) is 0 Å². The van der Waals surface area contributed by atoms with Crippen molar-refractivity contribution in [3.8, 4) is 11.1 Å². The number of carbonyl (C=O) groups excluding carboxylic acids is 1. The number of nitrogens with one attached hydrogen (secondary N) is 1. The number of benzene rings is 1. The van der Waals surface area contributed by atoms with Gasteiger partial charge in [0.2, 0.25) is 0 Å². The van der Waals surface area contributed by atoms with E-state index in [-0.39, 0.29) is 17.5 Å². The van der Waals surface area contributed by atoms with Gasteiger partial charge in [0, 0.05) is 30.9 Å². The number of hydrogen-bond donors (Lipinski definition) is 1. The van der Waals surface area contributed by atoms with Crippen molar-refractivity contribution in [2.45, 2.75) is 38.3 Å². The van der Waals surface area contributed by atoms with Gasteiger partial charge >= 0.3 is 0 Å².